The lowest BCUT2D eigenvalue weighted by Gasteiger charge is -2.21. The van der Waals surface area contributed by atoms with Gasteiger partial charge in [0.1, 0.15) is 5.60 Å². The highest BCUT2D eigenvalue weighted by molar-refractivity contribution is 5.70. The molecular weight excluding hydrogens is 184 g/mol. The van der Waals surface area contributed by atoms with Gasteiger partial charge in [-0.2, -0.15) is 0 Å². The van der Waals surface area contributed by atoms with Crippen LogP contribution in [-0.2, 0) is 9.53 Å². The molecule has 4 nitrogen and oxygen atoms in total. The van der Waals surface area contributed by atoms with Gasteiger partial charge in [-0.3, -0.25) is 4.79 Å². The monoisotopic (exact) mass is 204 g/mol. The maximum absolute atomic E-state index is 11.3. The lowest BCUT2D eigenvalue weighted by molar-refractivity contribution is -0.156. The summed E-state index contributed by atoms with van der Waals surface area (Å²) in [6.07, 6.45) is 0.587. The molecule has 0 aromatic rings. The first-order chi connectivity index (χ1) is 6.39. The van der Waals surface area contributed by atoms with Crippen LogP contribution in [0, 0.1) is 5.92 Å². The number of carbonyl (C=O) groups is 1. The fraction of sp³-hybridized carbons (Fsp3) is 0.900. The molecule has 0 rings (SSSR count). The molecule has 4 heteroatoms. The van der Waals surface area contributed by atoms with Crippen molar-refractivity contribution >= 4 is 5.97 Å². The molecule has 0 amide bonds. The smallest absolute Gasteiger partial charge is 0.306 e. The number of aliphatic hydroxyl groups is 2. The van der Waals surface area contributed by atoms with Crippen LogP contribution in [0.1, 0.15) is 33.6 Å². The van der Waals surface area contributed by atoms with E-state index in [4.69, 9.17) is 14.9 Å². The molecule has 0 aliphatic carbocycles. The van der Waals surface area contributed by atoms with Crippen LogP contribution in [0.3, 0.4) is 0 Å². The second kappa shape index (κ2) is 5.98. The van der Waals surface area contributed by atoms with Crippen LogP contribution in [0.2, 0.25) is 0 Å². The van der Waals surface area contributed by atoms with Crippen LogP contribution in [0.25, 0.3) is 0 Å². The molecule has 2 N–H and O–H groups in total. The van der Waals surface area contributed by atoms with Crippen molar-refractivity contribution in [3.63, 3.8) is 0 Å². The molecule has 0 aromatic heterocycles. The minimum atomic E-state index is -0.490. The molecule has 0 saturated carbocycles. The highest BCUT2D eigenvalue weighted by Gasteiger charge is 2.19. The third-order valence-corrected chi connectivity index (χ3v) is 1.67. The largest absolute Gasteiger partial charge is 0.460 e. The van der Waals surface area contributed by atoms with Gasteiger partial charge in [0.25, 0.3) is 0 Å². The third kappa shape index (κ3) is 6.86. The number of rotatable bonds is 5. The minimum Gasteiger partial charge on any atom is -0.460 e. The van der Waals surface area contributed by atoms with E-state index in [0.29, 0.717) is 6.42 Å². The van der Waals surface area contributed by atoms with Gasteiger partial charge in [0.2, 0.25) is 0 Å². The Morgan fingerprint density at radius 2 is 1.93 bits per heavy atom. The summed E-state index contributed by atoms with van der Waals surface area (Å²) in [4.78, 5) is 11.3. The summed E-state index contributed by atoms with van der Waals surface area (Å²) in [5.41, 5.74) is -0.490. The summed E-state index contributed by atoms with van der Waals surface area (Å²) in [5, 5.41) is 17.5. The van der Waals surface area contributed by atoms with Gasteiger partial charge in [-0.15, -0.1) is 0 Å². The Bertz CT molecular complexity index is 171. The van der Waals surface area contributed by atoms with Crippen LogP contribution in [-0.4, -0.2) is 35.0 Å². The molecule has 0 aliphatic rings. The van der Waals surface area contributed by atoms with Crippen LogP contribution in [0.4, 0.5) is 0 Å². The lowest BCUT2D eigenvalue weighted by atomic mass is 10.0. The second-order valence-corrected chi connectivity index (χ2v) is 4.35. The topological polar surface area (TPSA) is 66.8 Å². The maximum Gasteiger partial charge on any atom is 0.306 e. The fourth-order valence-corrected chi connectivity index (χ4v) is 1.06. The lowest BCUT2D eigenvalue weighted by Crippen LogP contribution is -2.26. The Labute approximate surface area is 84.9 Å². The summed E-state index contributed by atoms with van der Waals surface area (Å²) < 4.78 is 5.08. The zero-order valence-electron chi connectivity index (χ0n) is 9.12. The van der Waals surface area contributed by atoms with Crippen molar-refractivity contribution in [3.8, 4) is 0 Å². The van der Waals surface area contributed by atoms with Crippen molar-refractivity contribution in [3.05, 3.63) is 0 Å². The predicted octanol–water partition coefficient (Wildman–Crippen LogP) is 0.709. The van der Waals surface area contributed by atoms with E-state index in [1.165, 1.54) is 0 Å². The fourth-order valence-electron chi connectivity index (χ4n) is 1.06. The Kier molecular flexibility index (Phi) is 5.72. The van der Waals surface area contributed by atoms with Gasteiger partial charge < -0.3 is 14.9 Å². The van der Waals surface area contributed by atoms with Gasteiger partial charge >= 0.3 is 5.97 Å². The Balaban J connectivity index is 3.91. The van der Waals surface area contributed by atoms with Crippen molar-refractivity contribution in [1.29, 1.82) is 0 Å². The molecule has 0 fully saturated rings. The maximum atomic E-state index is 11.3. The van der Waals surface area contributed by atoms with Gasteiger partial charge in [-0.05, 0) is 33.1 Å². The Morgan fingerprint density at radius 3 is 2.29 bits per heavy atom. The summed E-state index contributed by atoms with van der Waals surface area (Å²) in [7, 11) is 0. The molecule has 84 valence electrons. The number of hydrogen-bond acceptors (Lipinski definition) is 4. The van der Waals surface area contributed by atoms with E-state index in [1.54, 1.807) is 20.8 Å². The van der Waals surface area contributed by atoms with Crippen LogP contribution < -0.4 is 0 Å². The predicted molar refractivity (Wildman–Crippen MR) is 52.7 cm³/mol. The van der Waals surface area contributed by atoms with Crippen LogP contribution in [0.5, 0.6) is 0 Å². The van der Waals surface area contributed by atoms with Crippen molar-refractivity contribution in [1.82, 2.24) is 0 Å². The average Bonchev–Trinajstić information content (AvgIpc) is 2.00. The van der Waals surface area contributed by atoms with Crippen LogP contribution in [0.15, 0.2) is 0 Å². The van der Waals surface area contributed by atoms with Crippen molar-refractivity contribution in [2.75, 3.05) is 13.2 Å². The van der Waals surface area contributed by atoms with E-state index in [1.807, 2.05) is 0 Å². The molecule has 0 bridgehead atoms. The number of ether oxygens (including phenoxy) is 1. The van der Waals surface area contributed by atoms with Crippen molar-refractivity contribution < 1.29 is 19.7 Å². The van der Waals surface area contributed by atoms with Crippen LogP contribution >= 0.6 is 0 Å². The third-order valence-electron chi connectivity index (χ3n) is 1.67. The molecular formula is C10H20O4. The zero-order chi connectivity index (χ0) is 11.2. The summed E-state index contributed by atoms with van der Waals surface area (Å²) in [6.45, 7) is 5.27. The normalized spacial score (nSPS) is 13.8. The first-order valence-corrected chi connectivity index (χ1v) is 4.82. The second-order valence-electron chi connectivity index (χ2n) is 4.35. The molecule has 0 radical (unpaired) electrons. The summed E-state index contributed by atoms with van der Waals surface area (Å²) in [6, 6.07) is 0. The van der Waals surface area contributed by atoms with Gasteiger partial charge in [0.15, 0.2) is 0 Å². The summed E-state index contributed by atoms with van der Waals surface area (Å²) >= 11 is 0. The van der Waals surface area contributed by atoms with E-state index in [9.17, 15) is 4.79 Å². The molecule has 0 aliphatic heterocycles. The first-order valence-electron chi connectivity index (χ1n) is 4.82. The van der Waals surface area contributed by atoms with E-state index >= 15 is 0 Å². The average molecular weight is 204 g/mol. The number of aliphatic hydroxyl groups excluding tert-OH is 2. The van der Waals surface area contributed by atoms with Crippen molar-refractivity contribution in [2.45, 2.75) is 39.2 Å². The van der Waals surface area contributed by atoms with Gasteiger partial charge in [-0.25, -0.2) is 0 Å². The van der Waals surface area contributed by atoms with E-state index in [0.717, 1.165) is 0 Å². The van der Waals surface area contributed by atoms with E-state index < -0.39 is 5.60 Å². The summed E-state index contributed by atoms with van der Waals surface area (Å²) in [5.74, 6) is -0.528. The first kappa shape index (κ1) is 13.4. The molecule has 0 spiro atoms. The molecule has 0 aromatic carbocycles. The van der Waals surface area contributed by atoms with E-state index in [2.05, 4.69) is 0 Å². The molecule has 0 unspecified atom stereocenters. The van der Waals surface area contributed by atoms with Gasteiger partial charge in [0.05, 0.1) is 6.42 Å². The standard InChI is InChI=1S/C10H20O4/c1-10(2,3)14-9(13)6-8(7-12)4-5-11/h8,11-12H,4-7H2,1-3H3/t8-/m1/s1. The highest BCUT2D eigenvalue weighted by Crippen LogP contribution is 2.13. The zero-order valence-corrected chi connectivity index (χ0v) is 9.12. The van der Waals surface area contributed by atoms with Crippen molar-refractivity contribution in [2.24, 2.45) is 5.92 Å². The molecule has 1 atom stereocenters. The quantitative estimate of drug-likeness (QED) is 0.647. The number of carbonyl (C=O) groups excluding carboxylic acids is 1. The van der Waals surface area contributed by atoms with Gasteiger partial charge in [-0.1, -0.05) is 0 Å². The molecule has 0 heterocycles. The number of hydrogen-bond donors (Lipinski definition) is 2. The Hall–Kier alpha value is -0.610. The van der Waals surface area contributed by atoms with E-state index in [-0.39, 0.29) is 31.5 Å². The SMILES string of the molecule is CC(C)(C)OC(=O)C[C@H](CO)CCO. The highest BCUT2D eigenvalue weighted by atomic mass is 16.6. The minimum absolute atomic E-state index is 0.0198. The Morgan fingerprint density at radius 1 is 1.36 bits per heavy atom. The van der Waals surface area contributed by atoms with Gasteiger partial charge in [0, 0.05) is 13.2 Å². The molecule has 0 saturated heterocycles. The molecule has 14 heavy (non-hydrogen) atoms. The number of esters is 1.